The fourth-order valence-electron chi connectivity index (χ4n) is 2.62. The van der Waals surface area contributed by atoms with Gasteiger partial charge in [-0.25, -0.2) is 0 Å². The van der Waals surface area contributed by atoms with Crippen LogP contribution in [0.5, 0.6) is 0 Å². The van der Waals surface area contributed by atoms with Crippen molar-refractivity contribution in [2.75, 3.05) is 5.73 Å². The van der Waals surface area contributed by atoms with E-state index in [4.69, 9.17) is 5.73 Å². The molecule has 1 rings (SSSR count). The number of carbonyl (C=O) groups is 1. The summed E-state index contributed by atoms with van der Waals surface area (Å²) in [6.07, 6.45) is 3.96. The van der Waals surface area contributed by atoms with Gasteiger partial charge in [0, 0.05) is 5.69 Å². The molecule has 1 aromatic carbocycles. The van der Waals surface area contributed by atoms with Gasteiger partial charge in [-0.05, 0) is 30.9 Å². The molecule has 3 N–H and O–H groups in total. The number of aliphatic carboxylic acids is 1. The molecule has 2 atom stereocenters. The molecule has 0 radical (unpaired) electrons. The van der Waals surface area contributed by atoms with Crippen LogP contribution in [-0.2, 0) is 4.79 Å². The third kappa shape index (κ3) is 3.98. The molecule has 0 aromatic heterocycles. The number of nitrogen functional groups attached to an aromatic ring is 1. The van der Waals surface area contributed by atoms with Crippen molar-refractivity contribution in [1.82, 2.24) is 0 Å². The minimum Gasteiger partial charge on any atom is -0.481 e. The molecule has 0 bridgehead atoms. The average Bonchev–Trinajstić information content (AvgIpc) is 2.37. The number of rotatable bonds is 7. The Bertz CT molecular complexity index is 429. The second kappa shape index (κ2) is 7.17. The van der Waals surface area contributed by atoms with E-state index in [1.54, 1.807) is 0 Å². The summed E-state index contributed by atoms with van der Waals surface area (Å²) in [4.78, 5) is 11.7. The van der Waals surface area contributed by atoms with Gasteiger partial charge in [-0.15, -0.1) is 0 Å². The summed E-state index contributed by atoms with van der Waals surface area (Å²) in [6, 6.07) is 5.65. The molecule has 0 amide bonds. The van der Waals surface area contributed by atoms with E-state index in [2.05, 4.69) is 13.8 Å². The molecule has 0 heterocycles. The lowest BCUT2D eigenvalue weighted by atomic mass is 9.80. The Kier molecular flexibility index (Phi) is 5.87. The van der Waals surface area contributed by atoms with E-state index in [1.165, 1.54) is 0 Å². The van der Waals surface area contributed by atoms with Gasteiger partial charge < -0.3 is 10.8 Å². The molecule has 0 saturated heterocycles. The zero-order chi connectivity index (χ0) is 14.4. The second-order valence-electron chi connectivity index (χ2n) is 5.26. The van der Waals surface area contributed by atoms with Crippen LogP contribution in [-0.4, -0.2) is 11.1 Å². The number of hydrogen-bond acceptors (Lipinski definition) is 2. The Morgan fingerprint density at radius 1 is 1.37 bits per heavy atom. The van der Waals surface area contributed by atoms with Crippen LogP contribution in [0.3, 0.4) is 0 Å². The molecular formula is C16H25NO2. The first kappa shape index (κ1) is 15.5. The lowest BCUT2D eigenvalue weighted by Gasteiger charge is -2.24. The monoisotopic (exact) mass is 263 g/mol. The van der Waals surface area contributed by atoms with Gasteiger partial charge in [0.2, 0.25) is 0 Å². The van der Waals surface area contributed by atoms with Gasteiger partial charge in [-0.2, -0.15) is 0 Å². The van der Waals surface area contributed by atoms with E-state index in [0.717, 1.165) is 36.8 Å². The molecule has 0 fully saturated rings. The molecule has 106 valence electrons. The zero-order valence-corrected chi connectivity index (χ0v) is 12.1. The lowest BCUT2D eigenvalue weighted by Crippen LogP contribution is -2.22. The van der Waals surface area contributed by atoms with Crippen molar-refractivity contribution >= 4 is 11.7 Å². The summed E-state index contributed by atoms with van der Waals surface area (Å²) in [7, 11) is 0. The number of hydrogen-bond donors (Lipinski definition) is 2. The Hall–Kier alpha value is -1.51. The number of benzene rings is 1. The van der Waals surface area contributed by atoms with Crippen LogP contribution in [0.4, 0.5) is 5.69 Å². The predicted molar refractivity (Wildman–Crippen MR) is 79.3 cm³/mol. The van der Waals surface area contributed by atoms with Gasteiger partial charge in [0.05, 0.1) is 5.92 Å². The van der Waals surface area contributed by atoms with Crippen LogP contribution in [0.1, 0.15) is 56.6 Å². The fourth-order valence-corrected chi connectivity index (χ4v) is 2.62. The van der Waals surface area contributed by atoms with Gasteiger partial charge in [0.1, 0.15) is 0 Å². The van der Waals surface area contributed by atoms with Gasteiger partial charge in [-0.1, -0.05) is 50.8 Å². The molecule has 19 heavy (non-hydrogen) atoms. The summed E-state index contributed by atoms with van der Waals surface area (Å²) in [5.41, 5.74) is 8.41. The van der Waals surface area contributed by atoms with Gasteiger partial charge in [0.15, 0.2) is 0 Å². The highest BCUT2D eigenvalue weighted by atomic mass is 16.4. The Morgan fingerprint density at radius 2 is 2.05 bits per heavy atom. The Morgan fingerprint density at radius 3 is 2.58 bits per heavy atom. The molecule has 2 unspecified atom stereocenters. The standard InChI is InChI=1S/C16H25NO2/c1-4-6-7-12(5-2)15(16(18)19)13-10-11(3)8-9-14(13)17/h8-10,12,15H,4-7,17H2,1-3H3,(H,18,19). The van der Waals surface area contributed by atoms with E-state index in [9.17, 15) is 9.90 Å². The number of nitrogens with two attached hydrogens (primary N) is 1. The van der Waals surface area contributed by atoms with Crippen LogP contribution in [0.15, 0.2) is 18.2 Å². The lowest BCUT2D eigenvalue weighted by molar-refractivity contribution is -0.140. The molecule has 0 aliphatic rings. The highest BCUT2D eigenvalue weighted by Crippen LogP contribution is 2.35. The smallest absolute Gasteiger partial charge is 0.311 e. The minimum atomic E-state index is -0.764. The van der Waals surface area contributed by atoms with E-state index >= 15 is 0 Å². The highest BCUT2D eigenvalue weighted by Gasteiger charge is 2.29. The summed E-state index contributed by atoms with van der Waals surface area (Å²) < 4.78 is 0. The van der Waals surface area contributed by atoms with Crippen molar-refractivity contribution in [1.29, 1.82) is 0 Å². The molecule has 0 aliphatic heterocycles. The summed E-state index contributed by atoms with van der Waals surface area (Å²) in [5, 5.41) is 9.59. The van der Waals surface area contributed by atoms with E-state index in [-0.39, 0.29) is 5.92 Å². The summed E-state index contributed by atoms with van der Waals surface area (Å²) in [5.74, 6) is -1.10. The van der Waals surface area contributed by atoms with Crippen molar-refractivity contribution in [2.24, 2.45) is 5.92 Å². The van der Waals surface area contributed by atoms with Crippen molar-refractivity contribution in [3.05, 3.63) is 29.3 Å². The van der Waals surface area contributed by atoms with Crippen LogP contribution in [0.2, 0.25) is 0 Å². The highest BCUT2D eigenvalue weighted by molar-refractivity contribution is 5.79. The molecule has 0 spiro atoms. The average molecular weight is 263 g/mol. The van der Waals surface area contributed by atoms with Crippen LogP contribution in [0, 0.1) is 12.8 Å². The third-order valence-corrected chi connectivity index (χ3v) is 3.77. The van der Waals surface area contributed by atoms with Gasteiger partial charge in [-0.3, -0.25) is 4.79 Å². The first-order chi connectivity index (χ1) is 9.01. The van der Waals surface area contributed by atoms with Crippen molar-refractivity contribution < 1.29 is 9.90 Å². The number of aryl methyl sites for hydroxylation is 1. The Labute approximate surface area is 115 Å². The topological polar surface area (TPSA) is 63.3 Å². The van der Waals surface area contributed by atoms with Crippen molar-refractivity contribution in [2.45, 2.75) is 52.4 Å². The normalized spacial score (nSPS) is 14.1. The van der Waals surface area contributed by atoms with E-state index in [0.29, 0.717) is 5.69 Å². The predicted octanol–water partition coefficient (Wildman–Crippen LogP) is 3.96. The molecule has 1 aromatic rings. The van der Waals surface area contributed by atoms with Gasteiger partial charge in [0.25, 0.3) is 0 Å². The molecular weight excluding hydrogens is 238 g/mol. The van der Waals surface area contributed by atoms with Gasteiger partial charge >= 0.3 is 5.97 Å². The zero-order valence-electron chi connectivity index (χ0n) is 12.1. The summed E-state index contributed by atoms with van der Waals surface area (Å²) >= 11 is 0. The second-order valence-corrected chi connectivity index (χ2v) is 5.26. The Balaban J connectivity index is 3.11. The SMILES string of the molecule is CCCCC(CC)C(C(=O)O)c1cc(C)ccc1N. The fraction of sp³-hybridized carbons (Fsp3) is 0.562. The van der Waals surface area contributed by atoms with Crippen LogP contribution >= 0.6 is 0 Å². The first-order valence-corrected chi connectivity index (χ1v) is 7.10. The van der Waals surface area contributed by atoms with Crippen molar-refractivity contribution in [3.8, 4) is 0 Å². The molecule has 3 nitrogen and oxygen atoms in total. The maximum Gasteiger partial charge on any atom is 0.311 e. The number of carboxylic acid groups (broad SMARTS) is 1. The van der Waals surface area contributed by atoms with E-state index < -0.39 is 11.9 Å². The molecule has 0 aliphatic carbocycles. The van der Waals surface area contributed by atoms with Crippen LogP contribution in [0.25, 0.3) is 0 Å². The number of unbranched alkanes of at least 4 members (excludes halogenated alkanes) is 1. The minimum absolute atomic E-state index is 0.154. The quantitative estimate of drug-likeness (QED) is 0.732. The largest absolute Gasteiger partial charge is 0.481 e. The van der Waals surface area contributed by atoms with E-state index in [1.807, 2.05) is 25.1 Å². The summed E-state index contributed by atoms with van der Waals surface area (Å²) in [6.45, 7) is 6.15. The number of carboxylic acids is 1. The third-order valence-electron chi connectivity index (χ3n) is 3.77. The van der Waals surface area contributed by atoms with Crippen LogP contribution < -0.4 is 5.73 Å². The number of anilines is 1. The molecule has 0 saturated carbocycles. The first-order valence-electron chi connectivity index (χ1n) is 7.10. The maximum absolute atomic E-state index is 11.7. The molecule has 3 heteroatoms. The van der Waals surface area contributed by atoms with Crippen molar-refractivity contribution in [3.63, 3.8) is 0 Å². The maximum atomic E-state index is 11.7.